The standard InChI is InChI=1S/C20H18FN3O2S2/c1-22-17-8-13(20(26)24-7-6-16-10-23-12-27-16)3-5-18(17)28-19-9-15(21)4-2-14(19)11-25/h2-5,8-12,22H,6-7H2,1H3,(H,24,26). The molecule has 0 aliphatic heterocycles. The SMILES string of the molecule is CNc1cc(C(=O)NCCc2cncs2)ccc1Sc1cc(F)ccc1C=O. The van der Waals surface area contributed by atoms with Crippen molar-refractivity contribution in [2.75, 3.05) is 18.9 Å². The van der Waals surface area contributed by atoms with Crippen LogP contribution in [0.2, 0.25) is 0 Å². The predicted octanol–water partition coefficient (Wildman–Crippen LogP) is 4.26. The van der Waals surface area contributed by atoms with Crippen LogP contribution >= 0.6 is 23.1 Å². The molecule has 144 valence electrons. The van der Waals surface area contributed by atoms with Gasteiger partial charge in [0.2, 0.25) is 0 Å². The Hall–Kier alpha value is -2.71. The van der Waals surface area contributed by atoms with Crippen molar-refractivity contribution in [1.82, 2.24) is 10.3 Å². The largest absolute Gasteiger partial charge is 0.387 e. The van der Waals surface area contributed by atoms with E-state index in [2.05, 4.69) is 15.6 Å². The Labute approximate surface area is 170 Å². The summed E-state index contributed by atoms with van der Waals surface area (Å²) in [6, 6.07) is 9.28. The van der Waals surface area contributed by atoms with E-state index in [4.69, 9.17) is 0 Å². The lowest BCUT2D eigenvalue weighted by molar-refractivity contribution is 0.0954. The van der Waals surface area contributed by atoms with Crippen molar-refractivity contribution < 1.29 is 14.0 Å². The summed E-state index contributed by atoms with van der Waals surface area (Å²) in [5.74, 6) is -0.576. The van der Waals surface area contributed by atoms with Crippen LogP contribution in [-0.4, -0.2) is 30.8 Å². The van der Waals surface area contributed by atoms with Crippen LogP contribution in [0.4, 0.5) is 10.1 Å². The Kier molecular flexibility index (Phi) is 6.78. The molecule has 28 heavy (non-hydrogen) atoms. The summed E-state index contributed by atoms with van der Waals surface area (Å²) < 4.78 is 13.6. The van der Waals surface area contributed by atoms with Gasteiger partial charge in [0.15, 0.2) is 6.29 Å². The summed E-state index contributed by atoms with van der Waals surface area (Å²) in [7, 11) is 1.75. The minimum atomic E-state index is -0.406. The summed E-state index contributed by atoms with van der Waals surface area (Å²) in [4.78, 5) is 30.0. The van der Waals surface area contributed by atoms with E-state index in [1.54, 1.807) is 48.3 Å². The van der Waals surface area contributed by atoms with Crippen LogP contribution in [0, 0.1) is 5.82 Å². The molecule has 1 aromatic heterocycles. The van der Waals surface area contributed by atoms with E-state index in [1.165, 1.54) is 30.0 Å². The maximum atomic E-state index is 13.6. The third kappa shape index (κ3) is 4.96. The molecule has 0 aliphatic rings. The molecule has 0 radical (unpaired) electrons. The molecule has 0 atom stereocenters. The smallest absolute Gasteiger partial charge is 0.251 e. The zero-order valence-electron chi connectivity index (χ0n) is 15.1. The Balaban J connectivity index is 1.72. The Morgan fingerprint density at radius 2 is 2.11 bits per heavy atom. The first-order valence-electron chi connectivity index (χ1n) is 8.50. The molecule has 1 amide bonds. The van der Waals surface area contributed by atoms with Crippen molar-refractivity contribution >= 4 is 41.0 Å². The van der Waals surface area contributed by atoms with Gasteiger partial charge in [0.05, 0.1) is 5.51 Å². The van der Waals surface area contributed by atoms with Crippen molar-refractivity contribution in [3.63, 3.8) is 0 Å². The number of amides is 1. The van der Waals surface area contributed by atoms with Gasteiger partial charge in [-0.15, -0.1) is 11.3 Å². The first-order valence-corrected chi connectivity index (χ1v) is 10.2. The van der Waals surface area contributed by atoms with E-state index >= 15 is 0 Å². The van der Waals surface area contributed by atoms with Crippen LogP contribution in [0.1, 0.15) is 25.6 Å². The van der Waals surface area contributed by atoms with Crippen LogP contribution in [0.15, 0.2) is 57.9 Å². The number of nitrogens with zero attached hydrogens (tertiary/aromatic N) is 1. The van der Waals surface area contributed by atoms with E-state index in [-0.39, 0.29) is 5.91 Å². The highest BCUT2D eigenvalue weighted by Crippen LogP contribution is 2.35. The van der Waals surface area contributed by atoms with E-state index < -0.39 is 5.82 Å². The van der Waals surface area contributed by atoms with Crippen molar-refractivity contribution in [3.05, 3.63) is 69.9 Å². The second-order valence-electron chi connectivity index (χ2n) is 5.84. The molecule has 0 unspecified atom stereocenters. The molecule has 8 heteroatoms. The van der Waals surface area contributed by atoms with Gasteiger partial charge in [-0.2, -0.15) is 0 Å². The maximum absolute atomic E-state index is 13.6. The topological polar surface area (TPSA) is 71.1 Å². The van der Waals surface area contributed by atoms with Gasteiger partial charge in [-0.1, -0.05) is 11.8 Å². The molecular formula is C20H18FN3O2S2. The summed E-state index contributed by atoms with van der Waals surface area (Å²) in [6.45, 7) is 0.526. The zero-order valence-corrected chi connectivity index (χ0v) is 16.7. The number of halogens is 1. The van der Waals surface area contributed by atoms with Crippen LogP contribution in [-0.2, 0) is 6.42 Å². The van der Waals surface area contributed by atoms with E-state index in [9.17, 15) is 14.0 Å². The van der Waals surface area contributed by atoms with E-state index in [1.807, 2.05) is 0 Å². The summed E-state index contributed by atoms with van der Waals surface area (Å²) in [5, 5.41) is 5.95. The molecule has 0 fully saturated rings. The summed E-state index contributed by atoms with van der Waals surface area (Å²) >= 11 is 2.83. The zero-order chi connectivity index (χ0) is 19.9. The molecule has 2 N–H and O–H groups in total. The van der Waals surface area contributed by atoms with E-state index in [0.717, 1.165) is 21.9 Å². The van der Waals surface area contributed by atoms with Crippen molar-refractivity contribution in [1.29, 1.82) is 0 Å². The fourth-order valence-corrected chi connectivity index (χ4v) is 4.18. The van der Waals surface area contributed by atoms with E-state index in [0.29, 0.717) is 28.9 Å². The summed E-state index contributed by atoms with van der Waals surface area (Å²) in [6.07, 6.45) is 3.23. The maximum Gasteiger partial charge on any atom is 0.251 e. The molecule has 0 saturated heterocycles. The molecule has 1 heterocycles. The van der Waals surface area contributed by atoms with Gasteiger partial charge in [0, 0.05) is 57.7 Å². The van der Waals surface area contributed by atoms with Gasteiger partial charge in [0.25, 0.3) is 5.91 Å². The highest BCUT2D eigenvalue weighted by atomic mass is 32.2. The van der Waals surface area contributed by atoms with Crippen molar-refractivity contribution in [2.45, 2.75) is 16.2 Å². The van der Waals surface area contributed by atoms with Crippen LogP contribution in [0.5, 0.6) is 0 Å². The lowest BCUT2D eigenvalue weighted by atomic mass is 10.2. The van der Waals surface area contributed by atoms with Crippen LogP contribution < -0.4 is 10.6 Å². The molecule has 2 aromatic carbocycles. The molecule has 3 aromatic rings. The molecular weight excluding hydrogens is 397 g/mol. The third-order valence-corrected chi connectivity index (χ3v) is 5.96. The lowest BCUT2D eigenvalue weighted by Crippen LogP contribution is -2.25. The number of aldehydes is 1. The normalized spacial score (nSPS) is 10.5. The molecule has 0 spiro atoms. The number of anilines is 1. The quantitative estimate of drug-likeness (QED) is 0.538. The predicted molar refractivity (Wildman–Crippen MR) is 110 cm³/mol. The second-order valence-corrected chi connectivity index (χ2v) is 7.89. The molecule has 0 bridgehead atoms. The number of thiazole rings is 1. The first kappa shape index (κ1) is 20.0. The van der Waals surface area contributed by atoms with Crippen molar-refractivity contribution in [3.8, 4) is 0 Å². The first-order chi connectivity index (χ1) is 13.6. The second kappa shape index (κ2) is 9.48. The molecule has 5 nitrogen and oxygen atoms in total. The van der Waals surface area contributed by atoms with Gasteiger partial charge in [-0.05, 0) is 36.4 Å². The fourth-order valence-electron chi connectivity index (χ4n) is 2.53. The summed E-state index contributed by atoms with van der Waals surface area (Å²) in [5.41, 5.74) is 3.42. The number of carbonyl (C=O) groups excluding carboxylic acids is 2. The molecule has 0 saturated carbocycles. The average molecular weight is 416 g/mol. The number of nitrogens with one attached hydrogen (secondary N) is 2. The lowest BCUT2D eigenvalue weighted by Gasteiger charge is -2.12. The molecule has 3 rings (SSSR count). The van der Waals surface area contributed by atoms with Gasteiger partial charge in [0.1, 0.15) is 5.82 Å². The van der Waals surface area contributed by atoms with Crippen LogP contribution in [0.3, 0.4) is 0 Å². The molecule has 0 aliphatic carbocycles. The number of rotatable bonds is 8. The Morgan fingerprint density at radius 3 is 2.82 bits per heavy atom. The van der Waals surface area contributed by atoms with Gasteiger partial charge in [-0.25, -0.2) is 4.39 Å². The number of hydrogen-bond acceptors (Lipinski definition) is 6. The average Bonchev–Trinajstić information content (AvgIpc) is 3.22. The number of hydrogen-bond donors (Lipinski definition) is 2. The van der Waals surface area contributed by atoms with Gasteiger partial charge in [-0.3, -0.25) is 14.6 Å². The monoisotopic (exact) mass is 415 g/mol. The van der Waals surface area contributed by atoms with Crippen molar-refractivity contribution in [2.24, 2.45) is 0 Å². The van der Waals surface area contributed by atoms with Gasteiger partial charge < -0.3 is 10.6 Å². The highest BCUT2D eigenvalue weighted by molar-refractivity contribution is 7.99. The number of carbonyl (C=O) groups is 2. The minimum Gasteiger partial charge on any atom is -0.387 e. The minimum absolute atomic E-state index is 0.170. The Morgan fingerprint density at radius 1 is 1.25 bits per heavy atom. The number of benzene rings is 2. The van der Waals surface area contributed by atoms with Gasteiger partial charge >= 0.3 is 0 Å². The Bertz CT molecular complexity index is 978. The number of aromatic nitrogens is 1. The van der Waals surface area contributed by atoms with Crippen LogP contribution in [0.25, 0.3) is 0 Å². The fraction of sp³-hybridized carbons (Fsp3) is 0.150. The third-order valence-electron chi connectivity index (χ3n) is 3.97. The highest BCUT2D eigenvalue weighted by Gasteiger charge is 2.12.